The molecule has 0 bridgehead atoms. The van der Waals surface area contributed by atoms with Gasteiger partial charge in [0, 0.05) is 25.3 Å². The van der Waals surface area contributed by atoms with Crippen LogP contribution in [0.2, 0.25) is 0 Å². The number of carbonyl (C=O) groups is 1. The molecule has 2 rings (SSSR count). The lowest BCUT2D eigenvalue weighted by Crippen LogP contribution is -2.47. The number of aromatic hydroxyl groups is 1. The molecule has 0 radical (unpaired) electrons. The van der Waals surface area contributed by atoms with Gasteiger partial charge in [0.25, 0.3) is 5.91 Å². The Morgan fingerprint density at radius 1 is 1.59 bits per heavy atom. The Bertz CT molecular complexity index is 408. The summed E-state index contributed by atoms with van der Waals surface area (Å²) in [4.78, 5) is 17.9. The van der Waals surface area contributed by atoms with Crippen molar-refractivity contribution in [2.24, 2.45) is 5.73 Å². The van der Waals surface area contributed by atoms with Crippen molar-refractivity contribution in [2.75, 3.05) is 13.1 Å². The van der Waals surface area contributed by atoms with Gasteiger partial charge in [-0.1, -0.05) is 0 Å². The van der Waals surface area contributed by atoms with Crippen molar-refractivity contribution >= 4 is 5.91 Å². The third-order valence-electron chi connectivity index (χ3n) is 3.15. The third-order valence-corrected chi connectivity index (χ3v) is 3.15. The van der Waals surface area contributed by atoms with E-state index >= 15 is 0 Å². The SMILES string of the molecule is NCC1CCCCN1C(=O)c1ncccc1O. The smallest absolute Gasteiger partial charge is 0.276 e. The largest absolute Gasteiger partial charge is 0.505 e. The molecule has 1 aromatic heterocycles. The Labute approximate surface area is 100 Å². The van der Waals surface area contributed by atoms with Gasteiger partial charge in [-0.15, -0.1) is 0 Å². The van der Waals surface area contributed by atoms with Crippen LogP contribution in [0.15, 0.2) is 18.3 Å². The molecule has 0 spiro atoms. The van der Waals surface area contributed by atoms with Crippen LogP contribution < -0.4 is 5.73 Å². The lowest BCUT2D eigenvalue weighted by Gasteiger charge is -2.34. The van der Waals surface area contributed by atoms with Crippen molar-refractivity contribution in [3.05, 3.63) is 24.0 Å². The predicted octanol–water partition coefficient (Wildman–Crippen LogP) is 0.741. The summed E-state index contributed by atoms with van der Waals surface area (Å²) in [6, 6.07) is 3.14. The predicted molar refractivity (Wildman–Crippen MR) is 63.6 cm³/mol. The molecule has 0 saturated carbocycles. The number of amides is 1. The van der Waals surface area contributed by atoms with Crippen LogP contribution in [0.3, 0.4) is 0 Å². The van der Waals surface area contributed by atoms with E-state index in [0.717, 1.165) is 19.3 Å². The maximum atomic E-state index is 12.2. The molecule has 1 aliphatic rings. The van der Waals surface area contributed by atoms with Crippen molar-refractivity contribution in [1.29, 1.82) is 0 Å². The number of carbonyl (C=O) groups excluding carboxylic acids is 1. The molecule has 2 heterocycles. The van der Waals surface area contributed by atoms with Gasteiger partial charge in [-0.3, -0.25) is 4.79 Å². The second-order valence-electron chi connectivity index (χ2n) is 4.25. The van der Waals surface area contributed by atoms with Crippen LogP contribution in [0, 0.1) is 0 Å². The molecule has 0 aromatic carbocycles. The van der Waals surface area contributed by atoms with Crippen LogP contribution in [0.4, 0.5) is 0 Å². The average Bonchev–Trinajstić information content (AvgIpc) is 2.38. The molecule has 1 aliphatic heterocycles. The van der Waals surface area contributed by atoms with Gasteiger partial charge < -0.3 is 15.7 Å². The number of piperidine rings is 1. The molecule has 5 heteroatoms. The first kappa shape index (κ1) is 11.9. The van der Waals surface area contributed by atoms with Crippen LogP contribution in [0.5, 0.6) is 5.75 Å². The monoisotopic (exact) mass is 235 g/mol. The van der Waals surface area contributed by atoms with Gasteiger partial charge in [-0.25, -0.2) is 4.98 Å². The number of likely N-dealkylation sites (tertiary alicyclic amines) is 1. The molecule has 1 amide bonds. The molecule has 1 aromatic rings. The summed E-state index contributed by atoms with van der Waals surface area (Å²) < 4.78 is 0. The van der Waals surface area contributed by atoms with Crippen LogP contribution in [-0.4, -0.2) is 40.0 Å². The highest BCUT2D eigenvalue weighted by Gasteiger charge is 2.28. The molecule has 0 aliphatic carbocycles. The van der Waals surface area contributed by atoms with Crippen LogP contribution >= 0.6 is 0 Å². The number of hydrogen-bond acceptors (Lipinski definition) is 4. The van der Waals surface area contributed by atoms with E-state index in [9.17, 15) is 9.90 Å². The number of pyridine rings is 1. The number of aromatic nitrogens is 1. The zero-order valence-corrected chi connectivity index (χ0v) is 9.67. The molecule has 17 heavy (non-hydrogen) atoms. The minimum absolute atomic E-state index is 0.0673. The van der Waals surface area contributed by atoms with Crippen molar-refractivity contribution in [3.63, 3.8) is 0 Å². The van der Waals surface area contributed by atoms with E-state index in [1.54, 1.807) is 11.0 Å². The zero-order chi connectivity index (χ0) is 12.3. The number of hydrogen-bond donors (Lipinski definition) is 2. The van der Waals surface area contributed by atoms with Gasteiger partial charge in [0.1, 0.15) is 5.75 Å². The second kappa shape index (κ2) is 5.14. The first-order valence-corrected chi connectivity index (χ1v) is 5.89. The van der Waals surface area contributed by atoms with E-state index in [1.807, 2.05) is 0 Å². The van der Waals surface area contributed by atoms with Crippen LogP contribution in [-0.2, 0) is 0 Å². The summed E-state index contributed by atoms with van der Waals surface area (Å²) in [6.45, 7) is 1.15. The fraction of sp³-hybridized carbons (Fsp3) is 0.500. The Morgan fingerprint density at radius 3 is 3.12 bits per heavy atom. The molecule has 1 unspecified atom stereocenters. The van der Waals surface area contributed by atoms with Gasteiger partial charge in [0.05, 0.1) is 0 Å². The fourth-order valence-electron chi connectivity index (χ4n) is 2.21. The molecule has 3 N–H and O–H groups in total. The summed E-state index contributed by atoms with van der Waals surface area (Å²) in [5.74, 6) is -0.294. The lowest BCUT2D eigenvalue weighted by molar-refractivity contribution is 0.0614. The molecule has 5 nitrogen and oxygen atoms in total. The quantitative estimate of drug-likeness (QED) is 0.792. The van der Waals surface area contributed by atoms with E-state index in [0.29, 0.717) is 13.1 Å². The summed E-state index contributed by atoms with van der Waals surface area (Å²) in [7, 11) is 0. The molecule has 1 atom stereocenters. The first-order valence-electron chi connectivity index (χ1n) is 5.89. The van der Waals surface area contributed by atoms with E-state index in [-0.39, 0.29) is 23.4 Å². The maximum Gasteiger partial charge on any atom is 0.276 e. The third kappa shape index (κ3) is 2.39. The zero-order valence-electron chi connectivity index (χ0n) is 9.67. The van der Waals surface area contributed by atoms with Crippen LogP contribution in [0.25, 0.3) is 0 Å². The molecular weight excluding hydrogens is 218 g/mol. The van der Waals surface area contributed by atoms with Crippen molar-refractivity contribution in [2.45, 2.75) is 25.3 Å². The molecule has 1 fully saturated rings. The highest BCUT2D eigenvalue weighted by atomic mass is 16.3. The van der Waals surface area contributed by atoms with Gasteiger partial charge in [0.2, 0.25) is 0 Å². The molecule has 92 valence electrons. The highest BCUT2D eigenvalue weighted by Crippen LogP contribution is 2.21. The van der Waals surface area contributed by atoms with Crippen LogP contribution in [0.1, 0.15) is 29.8 Å². The topological polar surface area (TPSA) is 79.5 Å². The van der Waals surface area contributed by atoms with Gasteiger partial charge in [-0.05, 0) is 31.4 Å². The summed E-state index contributed by atoms with van der Waals surface area (Å²) in [6.07, 6.45) is 4.51. The summed E-state index contributed by atoms with van der Waals surface area (Å²) >= 11 is 0. The number of nitrogens with two attached hydrogens (primary N) is 1. The summed E-state index contributed by atoms with van der Waals surface area (Å²) in [5, 5.41) is 9.63. The summed E-state index contributed by atoms with van der Waals surface area (Å²) in [5.41, 5.74) is 5.79. The maximum absolute atomic E-state index is 12.2. The number of nitrogens with zero attached hydrogens (tertiary/aromatic N) is 2. The van der Waals surface area contributed by atoms with Gasteiger partial charge in [-0.2, -0.15) is 0 Å². The Morgan fingerprint density at radius 2 is 2.41 bits per heavy atom. The average molecular weight is 235 g/mol. The molecular formula is C12H17N3O2. The van der Waals surface area contributed by atoms with Crippen molar-refractivity contribution < 1.29 is 9.90 Å². The minimum atomic E-state index is -0.224. The first-order chi connectivity index (χ1) is 8.24. The van der Waals surface area contributed by atoms with Crippen molar-refractivity contribution in [3.8, 4) is 5.75 Å². The molecule has 1 saturated heterocycles. The van der Waals surface area contributed by atoms with E-state index in [2.05, 4.69) is 4.98 Å². The lowest BCUT2D eigenvalue weighted by atomic mass is 10.0. The normalized spacial score (nSPS) is 20.3. The van der Waals surface area contributed by atoms with Crippen molar-refractivity contribution in [1.82, 2.24) is 9.88 Å². The standard InChI is InChI=1S/C12H17N3O2/c13-8-9-4-1-2-7-15(9)12(17)11-10(16)5-3-6-14-11/h3,5-6,9,16H,1-2,4,7-8,13H2. The van der Waals surface area contributed by atoms with E-state index in [1.165, 1.54) is 12.3 Å². The highest BCUT2D eigenvalue weighted by molar-refractivity contribution is 5.95. The fourth-order valence-corrected chi connectivity index (χ4v) is 2.21. The minimum Gasteiger partial charge on any atom is -0.505 e. The Balaban J connectivity index is 2.21. The second-order valence-corrected chi connectivity index (χ2v) is 4.25. The van der Waals surface area contributed by atoms with E-state index in [4.69, 9.17) is 5.73 Å². The van der Waals surface area contributed by atoms with Gasteiger partial charge >= 0.3 is 0 Å². The Kier molecular flexibility index (Phi) is 3.58. The Hall–Kier alpha value is -1.62. The van der Waals surface area contributed by atoms with E-state index < -0.39 is 0 Å². The van der Waals surface area contributed by atoms with Gasteiger partial charge in [0.15, 0.2) is 5.69 Å². The number of rotatable bonds is 2.